The fourth-order valence-corrected chi connectivity index (χ4v) is 3.57. The van der Waals surface area contributed by atoms with Gasteiger partial charge in [-0.25, -0.2) is 9.37 Å². The average Bonchev–Trinajstić information content (AvgIpc) is 3.12. The van der Waals surface area contributed by atoms with Gasteiger partial charge in [-0.05, 0) is 54.4 Å². The molecule has 0 unspecified atom stereocenters. The van der Waals surface area contributed by atoms with Crippen molar-refractivity contribution in [3.05, 3.63) is 64.2 Å². The van der Waals surface area contributed by atoms with Gasteiger partial charge in [-0.15, -0.1) is 11.3 Å². The van der Waals surface area contributed by atoms with Crippen molar-refractivity contribution in [2.24, 2.45) is 0 Å². The number of aryl methyl sites for hydroxylation is 1. The van der Waals surface area contributed by atoms with Crippen LogP contribution in [-0.2, 0) is 11.2 Å². The van der Waals surface area contributed by atoms with Crippen LogP contribution in [0.15, 0.2) is 48.0 Å². The summed E-state index contributed by atoms with van der Waals surface area (Å²) in [6.07, 6.45) is 1.08. The lowest BCUT2D eigenvalue weighted by atomic mass is 10.0. The number of anilines is 2. The van der Waals surface area contributed by atoms with Crippen LogP contribution in [0.3, 0.4) is 0 Å². The number of halogens is 1. The normalized spacial score (nSPS) is 13.0. The summed E-state index contributed by atoms with van der Waals surface area (Å²) < 4.78 is 13.1. The van der Waals surface area contributed by atoms with Gasteiger partial charge in [0.05, 0.1) is 11.2 Å². The van der Waals surface area contributed by atoms with Crippen molar-refractivity contribution in [1.82, 2.24) is 4.98 Å². The maximum Gasteiger partial charge on any atom is 0.268 e. The predicted octanol–water partition coefficient (Wildman–Crippen LogP) is 4.09. The van der Waals surface area contributed by atoms with Crippen molar-refractivity contribution in [3.63, 3.8) is 0 Å². The largest absolute Gasteiger partial charge is 0.326 e. The smallest absolute Gasteiger partial charge is 0.268 e. The Morgan fingerprint density at radius 2 is 1.96 bits per heavy atom. The monoisotopic (exact) mass is 367 g/mol. The van der Waals surface area contributed by atoms with E-state index in [9.17, 15) is 14.0 Å². The Balaban J connectivity index is 1.57. The Morgan fingerprint density at radius 3 is 2.77 bits per heavy atom. The van der Waals surface area contributed by atoms with Crippen LogP contribution in [-0.4, -0.2) is 16.8 Å². The Bertz CT molecular complexity index is 998. The highest BCUT2D eigenvalue weighted by atomic mass is 32.1. The number of nitrogens with one attached hydrogen (secondary N) is 2. The Labute approximate surface area is 152 Å². The van der Waals surface area contributed by atoms with Gasteiger partial charge in [-0.2, -0.15) is 0 Å². The molecule has 1 aliphatic rings. The molecule has 2 aromatic carbocycles. The minimum atomic E-state index is -0.337. The van der Waals surface area contributed by atoms with Crippen LogP contribution < -0.4 is 10.6 Å². The number of benzene rings is 2. The lowest BCUT2D eigenvalue weighted by Crippen LogP contribution is -2.19. The van der Waals surface area contributed by atoms with Gasteiger partial charge in [0.2, 0.25) is 5.91 Å². The van der Waals surface area contributed by atoms with E-state index in [1.807, 2.05) is 6.07 Å². The van der Waals surface area contributed by atoms with Crippen LogP contribution in [0, 0.1) is 5.82 Å². The standard InChI is InChI=1S/C19H14FN3O2S/c20-13-4-1-11(2-5-13)17-18(26-10-21-17)19(25)22-14-6-7-15-12(9-14)3-8-16(24)23-15/h1-2,4-7,9-10H,3,8H2,(H,22,25)(H,23,24). The van der Waals surface area contributed by atoms with E-state index in [1.54, 1.807) is 29.8 Å². The average molecular weight is 367 g/mol. The molecule has 0 radical (unpaired) electrons. The fourth-order valence-electron chi connectivity index (χ4n) is 2.87. The Hall–Kier alpha value is -3.06. The van der Waals surface area contributed by atoms with Gasteiger partial charge >= 0.3 is 0 Å². The van der Waals surface area contributed by atoms with Crippen molar-refractivity contribution in [1.29, 1.82) is 0 Å². The zero-order valence-corrected chi connectivity index (χ0v) is 14.4. The van der Waals surface area contributed by atoms with Gasteiger partial charge in [0.1, 0.15) is 10.7 Å². The third kappa shape index (κ3) is 3.21. The zero-order chi connectivity index (χ0) is 18.1. The molecule has 1 aliphatic heterocycles. The number of nitrogens with zero attached hydrogens (tertiary/aromatic N) is 1. The summed E-state index contributed by atoms with van der Waals surface area (Å²) in [7, 11) is 0. The van der Waals surface area contributed by atoms with E-state index in [2.05, 4.69) is 15.6 Å². The quantitative estimate of drug-likeness (QED) is 0.733. The summed E-state index contributed by atoms with van der Waals surface area (Å²) in [5.74, 6) is -0.606. The van der Waals surface area contributed by atoms with Gasteiger partial charge in [0, 0.05) is 23.4 Å². The number of fused-ring (bicyclic) bond motifs is 1. The first-order valence-electron chi connectivity index (χ1n) is 8.04. The molecule has 0 spiro atoms. The topological polar surface area (TPSA) is 71.1 Å². The molecule has 5 nitrogen and oxygen atoms in total. The predicted molar refractivity (Wildman–Crippen MR) is 98.9 cm³/mol. The molecule has 2 heterocycles. The molecule has 1 aromatic heterocycles. The zero-order valence-electron chi connectivity index (χ0n) is 13.6. The summed E-state index contributed by atoms with van der Waals surface area (Å²) in [4.78, 5) is 28.8. The maximum atomic E-state index is 13.1. The number of aromatic nitrogens is 1. The molecule has 2 amide bonds. The van der Waals surface area contributed by atoms with Crippen molar-refractivity contribution in [3.8, 4) is 11.3 Å². The molecule has 0 atom stereocenters. The highest BCUT2D eigenvalue weighted by Crippen LogP contribution is 2.29. The van der Waals surface area contributed by atoms with Crippen LogP contribution in [0.2, 0.25) is 0 Å². The molecule has 26 heavy (non-hydrogen) atoms. The van der Waals surface area contributed by atoms with Gasteiger partial charge in [0.15, 0.2) is 0 Å². The van der Waals surface area contributed by atoms with E-state index in [-0.39, 0.29) is 17.6 Å². The second-order valence-electron chi connectivity index (χ2n) is 5.91. The van der Waals surface area contributed by atoms with Crippen molar-refractivity contribution in [2.45, 2.75) is 12.8 Å². The van der Waals surface area contributed by atoms with E-state index >= 15 is 0 Å². The number of thiazole rings is 1. The summed E-state index contributed by atoms with van der Waals surface area (Å²) >= 11 is 1.23. The molecule has 0 saturated carbocycles. The molecule has 4 rings (SSSR count). The van der Waals surface area contributed by atoms with E-state index in [4.69, 9.17) is 0 Å². The van der Waals surface area contributed by atoms with Crippen LogP contribution in [0.1, 0.15) is 21.7 Å². The summed E-state index contributed by atoms with van der Waals surface area (Å²) in [6.45, 7) is 0. The van der Waals surface area contributed by atoms with Gasteiger partial charge < -0.3 is 10.6 Å². The molecule has 130 valence electrons. The summed E-state index contributed by atoms with van der Waals surface area (Å²) in [5.41, 5.74) is 5.23. The van der Waals surface area contributed by atoms with Crippen molar-refractivity contribution < 1.29 is 14.0 Å². The van der Waals surface area contributed by atoms with Crippen LogP contribution in [0.25, 0.3) is 11.3 Å². The SMILES string of the molecule is O=C1CCc2cc(NC(=O)c3scnc3-c3ccc(F)cc3)ccc2N1. The van der Waals surface area contributed by atoms with Crippen molar-refractivity contribution in [2.75, 3.05) is 10.6 Å². The number of hydrogen-bond acceptors (Lipinski definition) is 4. The van der Waals surface area contributed by atoms with E-state index in [1.165, 1.54) is 23.5 Å². The van der Waals surface area contributed by atoms with Crippen molar-refractivity contribution >= 4 is 34.5 Å². The first-order chi connectivity index (χ1) is 12.6. The number of carbonyl (C=O) groups is 2. The summed E-state index contributed by atoms with van der Waals surface area (Å²) in [5, 5.41) is 5.68. The molecule has 0 fully saturated rings. The molecular formula is C19H14FN3O2S. The highest BCUT2D eigenvalue weighted by Gasteiger charge is 2.18. The molecular weight excluding hydrogens is 353 g/mol. The third-order valence-electron chi connectivity index (χ3n) is 4.15. The van der Waals surface area contributed by atoms with Gasteiger partial charge in [-0.3, -0.25) is 9.59 Å². The molecule has 0 saturated heterocycles. The molecule has 3 aromatic rings. The first-order valence-corrected chi connectivity index (χ1v) is 8.92. The Kier molecular flexibility index (Phi) is 4.22. The second kappa shape index (κ2) is 6.68. The van der Waals surface area contributed by atoms with E-state index in [0.29, 0.717) is 34.7 Å². The first kappa shape index (κ1) is 16.4. The van der Waals surface area contributed by atoms with Crippen LogP contribution in [0.5, 0.6) is 0 Å². The highest BCUT2D eigenvalue weighted by molar-refractivity contribution is 7.12. The molecule has 7 heteroatoms. The van der Waals surface area contributed by atoms with Crippen LogP contribution in [0.4, 0.5) is 15.8 Å². The van der Waals surface area contributed by atoms with E-state index in [0.717, 1.165) is 11.3 Å². The molecule has 0 bridgehead atoms. The fraction of sp³-hybridized carbons (Fsp3) is 0.105. The van der Waals surface area contributed by atoms with Crippen LogP contribution >= 0.6 is 11.3 Å². The van der Waals surface area contributed by atoms with Gasteiger partial charge in [-0.1, -0.05) is 0 Å². The Morgan fingerprint density at radius 1 is 1.15 bits per heavy atom. The number of amides is 2. The second-order valence-corrected chi connectivity index (χ2v) is 6.77. The van der Waals surface area contributed by atoms with E-state index < -0.39 is 0 Å². The molecule has 2 N–H and O–H groups in total. The maximum absolute atomic E-state index is 13.1. The lowest BCUT2D eigenvalue weighted by Gasteiger charge is -2.17. The number of hydrogen-bond donors (Lipinski definition) is 2. The number of carbonyl (C=O) groups excluding carboxylic acids is 2. The minimum absolute atomic E-state index is 0.00267. The lowest BCUT2D eigenvalue weighted by molar-refractivity contribution is -0.116. The third-order valence-corrected chi connectivity index (χ3v) is 4.98. The number of rotatable bonds is 3. The minimum Gasteiger partial charge on any atom is -0.326 e. The molecule has 0 aliphatic carbocycles. The van der Waals surface area contributed by atoms with Gasteiger partial charge in [0.25, 0.3) is 5.91 Å². The summed E-state index contributed by atoms with van der Waals surface area (Å²) in [6, 6.07) is 11.3.